The molecule has 0 bridgehead atoms. The van der Waals surface area contributed by atoms with Crippen molar-refractivity contribution in [3.05, 3.63) is 116 Å². The van der Waals surface area contributed by atoms with Crippen LogP contribution < -0.4 is 5.32 Å². The monoisotopic (exact) mass is 632 g/mol. The van der Waals surface area contributed by atoms with Crippen LogP contribution in [0.15, 0.2) is 78.0 Å². The van der Waals surface area contributed by atoms with Crippen LogP contribution in [0, 0.1) is 0 Å². The molecule has 1 heterocycles. The molecule has 43 heavy (non-hydrogen) atoms. The van der Waals surface area contributed by atoms with Gasteiger partial charge in [0.1, 0.15) is 0 Å². The standard InChI is InChI=1S/C32H29Cl2F3N2O4/c1-3-43-31(42)29-19(2)39(28(40)17-26(29)21-7-10-24(11-8-21)32(35,36)37)18-20-5-4-6-23(15-20)30(41)38-14-13-22-9-12-25(33)16-27(22)34/h4-12,15-16,26H,3,13-14,17-18H2,1-2H3,(H,38,41). The Bertz CT molecular complexity index is 1550. The summed E-state index contributed by atoms with van der Waals surface area (Å²) in [5.41, 5.74) is 2.01. The fourth-order valence-corrected chi connectivity index (χ4v) is 5.50. The third kappa shape index (κ3) is 7.77. The number of nitrogens with zero attached hydrogens (tertiary/aromatic N) is 1. The second kappa shape index (κ2) is 13.7. The zero-order chi connectivity index (χ0) is 31.3. The molecule has 1 aliphatic rings. The lowest BCUT2D eigenvalue weighted by molar-refractivity contribution is -0.140. The van der Waals surface area contributed by atoms with Gasteiger partial charge in [-0.25, -0.2) is 4.79 Å². The van der Waals surface area contributed by atoms with E-state index < -0.39 is 23.6 Å². The van der Waals surface area contributed by atoms with E-state index in [2.05, 4.69) is 5.32 Å². The highest BCUT2D eigenvalue weighted by Gasteiger charge is 2.37. The minimum absolute atomic E-state index is 0.0782. The number of allylic oxidation sites excluding steroid dienone is 1. The van der Waals surface area contributed by atoms with Crippen LogP contribution in [0.4, 0.5) is 13.2 Å². The van der Waals surface area contributed by atoms with Crippen LogP contribution in [0.1, 0.15) is 58.8 Å². The molecule has 0 saturated heterocycles. The number of hydrogen-bond acceptors (Lipinski definition) is 4. The summed E-state index contributed by atoms with van der Waals surface area (Å²) in [6.07, 6.45) is -4.14. The fourth-order valence-electron chi connectivity index (χ4n) is 5.00. The molecule has 4 rings (SSSR count). The van der Waals surface area contributed by atoms with Crippen LogP contribution in [0.25, 0.3) is 0 Å². The Morgan fingerprint density at radius 3 is 2.42 bits per heavy atom. The van der Waals surface area contributed by atoms with Crippen molar-refractivity contribution in [3.63, 3.8) is 0 Å². The molecule has 2 amide bonds. The van der Waals surface area contributed by atoms with E-state index in [1.807, 2.05) is 0 Å². The molecular formula is C32H29Cl2F3N2O4. The van der Waals surface area contributed by atoms with E-state index in [0.717, 1.165) is 17.7 Å². The number of alkyl halides is 3. The molecule has 226 valence electrons. The van der Waals surface area contributed by atoms with Crippen LogP contribution in [0.2, 0.25) is 10.0 Å². The van der Waals surface area contributed by atoms with E-state index in [9.17, 15) is 27.6 Å². The second-order valence-electron chi connectivity index (χ2n) is 10.0. The van der Waals surface area contributed by atoms with Gasteiger partial charge in [-0.1, -0.05) is 53.5 Å². The van der Waals surface area contributed by atoms with Gasteiger partial charge in [-0.05, 0) is 73.4 Å². The summed E-state index contributed by atoms with van der Waals surface area (Å²) >= 11 is 12.1. The van der Waals surface area contributed by atoms with Crippen molar-refractivity contribution in [1.29, 1.82) is 0 Å². The summed E-state index contributed by atoms with van der Waals surface area (Å²) in [6, 6.07) is 16.4. The van der Waals surface area contributed by atoms with Crippen molar-refractivity contribution in [2.75, 3.05) is 13.2 Å². The molecule has 3 aromatic carbocycles. The number of rotatable bonds is 9. The number of ether oxygens (including phenoxy) is 1. The first-order valence-electron chi connectivity index (χ1n) is 13.6. The molecule has 1 atom stereocenters. The number of halogens is 5. The summed E-state index contributed by atoms with van der Waals surface area (Å²) in [7, 11) is 0. The van der Waals surface area contributed by atoms with Crippen LogP contribution in [-0.4, -0.2) is 35.8 Å². The Labute approximate surface area is 257 Å². The molecule has 6 nitrogen and oxygen atoms in total. The van der Waals surface area contributed by atoms with E-state index in [-0.39, 0.29) is 37.0 Å². The van der Waals surface area contributed by atoms with E-state index >= 15 is 0 Å². The van der Waals surface area contributed by atoms with Gasteiger partial charge in [-0.15, -0.1) is 0 Å². The van der Waals surface area contributed by atoms with Crippen molar-refractivity contribution >= 4 is 41.0 Å². The number of amides is 2. The highest BCUT2D eigenvalue weighted by atomic mass is 35.5. The van der Waals surface area contributed by atoms with Gasteiger partial charge < -0.3 is 15.0 Å². The predicted molar refractivity (Wildman–Crippen MR) is 158 cm³/mol. The minimum atomic E-state index is -4.51. The minimum Gasteiger partial charge on any atom is -0.463 e. The Morgan fingerprint density at radius 2 is 1.77 bits per heavy atom. The first-order valence-corrected chi connectivity index (χ1v) is 14.3. The maximum Gasteiger partial charge on any atom is 0.416 e. The normalized spacial score (nSPS) is 15.5. The van der Waals surface area contributed by atoms with Crippen molar-refractivity contribution < 1.29 is 32.3 Å². The third-order valence-corrected chi connectivity index (χ3v) is 7.77. The maximum absolute atomic E-state index is 13.3. The lowest BCUT2D eigenvalue weighted by atomic mass is 9.83. The Morgan fingerprint density at radius 1 is 1.05 bits per heavy atom. The molecule has 0 radical (unpaired) electrons. The predicted octanol–water partition coefficient (Wildman–Crippen LogP) is 7.34. The van der Waals surface area contributed by atoms with Crippen LogP contribution in [0.3, 0.4) is 0 Å². The summed E-state index contributed by atoms with van der Waals surface area (Å²) in [5.74, 6) is -2.03. The van der Waals surface area contributed by atoms with Gasteiger partial charge in [0.15, 0.2) is 0 Å². The molecule has 1 N–H and O–H groups in total. The third-order valence-electron chi connectivity index (χ3n) is 7.18. The van der Waals surface area contributed by atoms with Crippen molar-refractivity contribution in [2.45, 2.75) is 45.3 Å². The highest BCUT2D eigenvalue weighted by Crippen LogP contribution is 2.39. The molecule has 3 aromatic rings. The Balaban J connectivity index is 1.53. The van der Waals surface area contributed by atoms with Gasteiger partial charge in [-0.3, -0.25) is 9.59 Å². The number of nitrogens with one attached hydrogen (secondary N) is 1. The highest BCUT2D eigenvalue weighted by molar-refractivity contribution is 6.35. The SMILES string of the molecule is CCOC(=O)C1=C(C)N(Cc2cccc(C(=O)NCCc3ccc(Cl)cc3Cl)c2)C(=O)CC1c1ccc(C(F)(F)F)cc1. The number of benzene rings is 3. The zero-order valence-corrected chi connectivity index (χ0v) is 24.9. The molecule has 0 aromatic heterocycles. The van der Waals surface area contributed by atoms with Gasteiger partial charge in [0.25, 0.3) is 5.91 Å². The topological polar surface area (TPSA) is 75.7 Å². The van der Waals surface area contributed by atoms with Crippen LogP contribution in [-0.2, 0) is 33.5 Å². The number of esters is 1. The van der Waals surface area contributed by atoms with Crippen molar-refractivity contribution in [1.82, 2.24) is 10.2 Å². The fraction of sp³-hybridized carbons (Fsp3) is 0.281. The van der Waals surface area contributed by atoms with E-state index in [0.29, 0.717) is 45.4 Å². The second-order valence-corrected chi connectivity index (χ2v) is 10.9. The molecule has 0 spiro atoms. The smallest absolute Gasteiger partial charge is 0.416 e. The summed E-state index contributed by atoms with van der Waals surface area (Å²) in [4.78, 5) is 40.7. The molecule has 0 fully saturated rings. The van der Waals surface area contributed by atoms with Gasteiger partial charge in [-0.2, -0.15) is 13.2 Å². The Hall–Kier alpha value is -3.82. The molecule has 1 aliphatic heterocycles. The lowest BCUT2D eigenvalue weighted by Gasteiger charge is -2.34. The van der Waals surface area contributed by atoms with Crippen LogP contribution in [0.5, 0.6) is 0 Å². The van der Waals surface area contributed by atoms with Crippen LogP contribution >= 0.6 is 23.2 Å². The quantitative estimate of drug-likeness (QED) is 0.251. The van der Waals surface area contributed by atoms with Crippen molar-refractivity contribution in [2.24, 2.45) is 0 Å². The summed E-state index contributed by atoms with van der Waals surface area (Å²) in [6.45, 7) is 3.76. The first kappa shape index (κ1) is 32.1. The average Bonchev–Trinajstić information content (AvgIpc) is 2.96. The summed E-state index contributed by atoms with van der Waals surface area (Å²) < 4.78 is 44.6. The zero-order valence-electron chi connectivity index (χ0n) is 23.4. The Kier molecular flexibility index (Phi) is 10.2. The average molecular weight is 633 g/mol. The van der Waals surface area contributed by atoms with E-state index in [1.54, 1.807) is 56.3 Å². The number of hydrogen-bond donors (Lipinski definition) is 1. The molecule has 1 unspecified atom stereocenters. The lowest BCUT2D eigenvalue weighted by Crippen LogP contribution is -2.38. The van der Waals surface area contributed by atoms with Gasteiger partial charge in [0, 0.05) is 40.2 Å². The van der Waals surface area contributed by atoms with Gasteiger partial charge in [0.05, 0.1) is 24.3 Å². The van der Waals surface area contributed by atoms with Gasteiger partial charge in [0.2, 0.25) is 5.91 Å². The molecule has 11 heteroatoms. The van der Waals surface area contributed by atoms with E-state index in [1.165, 1.54) is 17.0 Å². The maximum atomic E-state index is 13.3. The summed E-state index contributed by atoms with van der Waals surface area (Å²) in [5, 5.41) is 3.90. The molecular weight excluding hydrogens is 604 g/mol. The van der Waals surface area contributed by atoms with E-state index in [4.69, 9.17) is 27.9 Å². The van der Waals surface area contributed by atoms with Gasteiger partial charge >= 0.3 is 12.1 Å². The molecule has 0 saturated carbocycles. The largest absolute Gasteiger partial charge is 0.463 e. The first-order chi connectivity index (χ1) is 20.4. The molecule has 0 aliphatic carbocycles. The number of carbonyl (C=O) groups is 3. The number of carbonyl (C=O) groups excluding carboxylic acids is 3. The van der Waals surface area contributed by atoms with Crippen molar-refractivity contribution in [3.8, 4) is 0 Å².